The fourth-order valence-electron chi connectivity index (χ4n) is 0.129. The zero-order valence-corrected chi connectivity index (χ0v) is 4.31. The third-order valence-electron chi connectivity index (χ3n) is 0.302. The maximum atomic E-state index is 9.74. The van der Waals surface area contributed by atoms with Gasteiger partial charge in [0.2, 0.25) is 0 Å². The molecule has 0 aliphatic heterocycles. The summed E-state index contributed by atoms with van der Waals surface area (Å²) < 4.78 is 0. The van der Waals surface area contributed by atoms with Crippen LogP contribution in [0.4, 0.5) is 0 Å². The lowest BCUT2D eigenvalue weighted by Crippen LogP contribution is -1.98. The molecule has 0 aromatic carbocycles. The van der Waals surface area contributed by atoms with Crippen LogP contribution in [0.25, 0.3) is 0 Å². The second kappa shape index (κ2) is 2.63. The minimum Gasteiger partial charge on any atom is -0.481 e. The topological polar surface area (TPSA) is 54.4 Å². The van der Waals surface area contributed by atoms with Crippen molar-refractivity contribution in [1.82, 2.24) is 0 Å². The van der Waals surface area contributed by atoms with Crippen molar-refractivity contribution >= 4 is 23.7 Å². The third-order valence-corrected chi connectivity index (χ3v) is 0.461. The molecule has 0 aromatic heterocycles. The van der Waals surface area contributed by atoms with Crippen molar-refractivity contribution in [2.24, 2.45) is 0 Å². The largest absolute Gasteiger partial charge is 0.481 e. The van der Waals surface area contributed by atoms with Gasteiger partial charge in [-0.2, -0.15) is 0 Å². The molecule has 0 unspecified atom stereocenters. The second-order valence-corrected chi connectivity index (χ2v) is 1.46. The van der Waals surface area contributed by atoms with Crippen LogP contribution in [0.5, 0.6) is 0 Å². The standard InChI is InChI=1S/C3H4O3S/c4-2(5)1-3(6)7/h1H2,(H,4,5)(H,6,7). The third kappa shape index (κ3) is 5.49. The number of aliphatic carboxylic acids is 1. The van der Waals surface area contributed by atoms with E-state index in [2.05, 4.69) is 12.6 Å². The van der Waals surface area contributed by atoms with Gasteiger partial charge < -0.3 is 5.11 Å². The normalized spacial score (nSPS) is 8.14. The van der Waals surface area contributed by atoms with Gasteiger partial charge in [-0.15, -0.1) is 12.6 Å². The number of carboxylic acid groups (broad SMARTS) is 1. The second-order valence-electron chi connectivity index (χ2n) is 0.964. The number of thiol groups is 1. The van der Waals surface area contributed by atoms with Crippen LogP contribution in [0.15, 0.2) is 0 Å². The van der Waals surface area contributed by atoms with Crippen LogP contribution >= 0.6 is 12.6 Å². The molecule has 0 aromatic rings. The smallest absolute Gasteiger partial charge is 0.311 e. The molecular formula is C3H4O3S. The first kappa shape index (κ1) is 6.49. The Morgan fingerprint density at radius 2 is 2.00 bits per heavy atom. The summed E-state index contributed by atoms with van der Waals surface area (Å²) in [7, 11) is 0. The van der Waals surface area contributed by atoms with Crippen molar-refractivity contribution in [2.45, 2.75) is 6.42 Å². The Labute approximate surface area is 45.7 Å². The van der Waals surface area contributed by atoms with E-state index in [9.17, 15) is 9.59 Å². The Hall–Kier alpha value is -0.510. The first-order valence-corrected chi connectivity index (χ1v) is 2.01. The van der Waals surface area contributed by atoms with E-state index in [1.807, 2.05) is 0 Å². The molecule has 0 saturated carbocycles. The highest BCUT2D eigenvalue weighted by Crippen LogP contribution is 1.84. The van der Waals surface area contributed by atoms with E-state index in [1.54, 1.807) is 0 Å². The molecule has 0 rings (SSSR count). The van der Waals surface area contributed by atoms with Crippen LogP contribution in [0.2, 0.25) is 0 Å². The van der Waals surface area contributed by atoms with Crippen LogP contribution in [-0.4, -0.2) is 16.2 Å². The maximum absolute atomic E-state index is 9.74. The van der Waals surface area contributed by atoms with Gasteiger partial charge in [-0.3, -0.25) is 9.59 Å². The molecule has 0 aliphatic rings. The highest BCUT2D eigenvalue weighted by Gasteiger charge is 1.99. The molecule has 0 aliphatic carbocycles. The van der Waals surface area contributed by atoms with Crippen LogP contribution in [-0.2, 0) is 9.59 Å². The lowest BCUT2D eigenvalue weighted by Gasteiger charge is -1.80. The number of hydrogen-bond donors (Lipinski definition) is 2. The van der Waals surface area contributed by atoms with Crippen LogP contribution in [0, 0.1) is 0 Å². The number of carboxylic acids is 1. The van der Waals surface area contributed by atoms with Crippen molar-refractivity contribution in [3.05, 3.63) is 0 Å². The summed E-state index contributed by atoms with van der Waals surface area (Å²) in [6.07, 6.45) is -0.497. The van der Waals surface area contributed by atoms with E-state index in [4.69, 9.17) is 5.11 Å². The number of hydrogen-bond acceptors (Lipinski definition) is 2. The molecule has 0 amide bonds. The Morgan fingerprint density at radius 1 is 1.57 bits per heavy atom. The van der Waals surface area contributed by atoms with Gasteiger partial charge in [-0.1, -0.05) is 0 Å². The quantitative estimate of drug-likeness (QED) is 0.396. The van der Waals surface area contributed by atoms with Crippen LogP contribution < -0.4 is 0 Å². The van der Waals surface area contributed by atoms with E-state index >= 15 is 0 Å². The highest BCUT2D eigenvalue weighted by molar-refractivity contribution is 7.96. The van der Waals surface area contributed by atoms with Gasteiger partial charge in [0.1, 0.15) is 6.42 Å². The molecule has 3 nitrogen and oxygen atoms in total. The number of carbonyl (C=O) groups is 2. The van der Waals surface area contributed by atoms with Crippen LogP contribution in [0.3, 0.4) is 0 Å². The lowest BCUT2D eigenvalue weighted by atomic mass is 10.5. The predicted molar refractivity (Wildman–Crippen MR) is 26.2 cm³/mol. The lowest BCUT2D eigenvalue weighted by molar-refractivity contribution is -0.138. The Morgan fingerprint density at radius 3 is 2.00 bits per heavy atom. The molecule has 40 valence electrons. The zero-order valence-electron chi connectivity index (χ0n) is 3.42. The van der Waals surface area contributed by atoms with E-state index in [1.165, 1.54) is 0 Å². The van der Waals surface area contributed by atoms with Crippen molar-refractivity contribution in [1.29, 1.82) is 0 Å². The average molecular weight is 120 g/mol. The average Bonchev–Trinajstić information content (AvgIpc) is 1.27. The van der Waals surface area contributed by atoms with Crippen molar-refractivity contribution in [3.8, 4) is 0 Å². The molecule has 0 spiro atoms. The van der Waals surface area contributed by atoms with Crippen molar-refractivity contribution in [2.75, 3.05) is 0 Å². The monoisotopic (exact) mass is 120 g/mol. The maximum Gasteiger partial charge on any atom is 0.311 e. The Kier molecular flexibility index (Phi) is 2.44. The van der Waals surface area contributed by atoms with Gasteiger partial charge in [-0.25, -0.2) is 0 Å². The Bertz CT molecular complexity index is 86.4. The minimum atomic E-state index is -1.14. The van der Waals surface area contributed by atoms with Gasteiger partial charge in [0, 0.05) is 0 Å². The molecule has 1 N–H and O–H groups in total. The summed E-state index contributed by atoms with van der Waals surface area (Å²) in [5, 5.41) is 7.20. The fourth-order valence-corrected chi connectivity index (χ4v) is 0.265. The molecule has 0 radical (unpaired) electrons. The van der Waals surface area contributed by atoms with Gasteiger partial charge in [0.05, 0.1) is 0 Å². The summed E-state index contributed by atoms with van der Waals surface area (Å²) in [4.78, 5) is 19.3. The molecule has 0 atom stereocenters. The first-order chi connectivity index (χ1) is 3.13. The number of carbonyl (C=O) groups excluding carboxylic acids is 1. The van der Waals surface area contributed by atoms with E-state index in [0.717, 1.165) is 0 Å². The van der Waals surface area contributed by atoms with Gasteiger partial charge in [0.25, 0.3) is 0 Å². The predicted octanol–water partition coefficient (Wildman–Crippen LogP) is -0.0825. The summed E-state index contributed by atoms with van der Waals surface area (Å²) in [5.41, 5.74) is 0. The van der Waals surface area contributed by atoms with E-state index < -0.39 is 17.5 Å². The molecular weight excluding hydrogens is 116 g/mol. The summed E-state index contributed by atoms with van der Waals surface area (Å²) in [6, 6.07) is 0. The molecule has 0 heterocycles. The minimum absolute atomic E-state index is 0.497. The molecule has 0 fully saturated rings. The highest BCUT2D eigenvalue weighted by atomic mass is 32.1. The summed E-state index contributed by atoms with van der Waals surface area (Å²) >= 11 is 3.22. The SMILES string of the molecule is O=C(O)CC(=O)S. The van der Waals surface area contributed by atoms with Gasteiger partial charge in [0.15, 0.2) is 5.12 Å². The fraction of sp³-hybridized carbons (Fsp3) is 0.333. The van der Waals surface area contributed by atoms with Crippen molar-refractivity contribution < 1.29 is 14.7 Å². The van der Waals surface area contributed by atoms with Gasteiger partial charge >= 0.3 is 5.97 Å². The molecule has 0 saturated heterocycles. The number of rotatable bonds is 2. The van der Waals surface area contributed by atoms with Crippen LogP contribution in [0.1, 0.15) is 6.42 Å². The molecule has 7 heavy (non-hydrogen) atoms. The van der Waals surface area contributed by atoms with E-state index in [-0.39, 0.29) is 0 Å². The zero-order chi connectivity index (χ0) is 5.86. The molecule has 4 heteroatoms. The van der Waals surface area contributed by atoms with Crippen molar-refractivity contribution in [3.63, 3.8) is 0 Å². The first-order valence-electron chi connectivity index (χ1n) is 1.56. The van der Waals surface area contributed by atoms with Gasteiger partial charge in [-0.05, 0) is 0 Å². The Balaban J connectivity index is 3.32. The summed E-state index contributed by atoms with van der Waals surface area (Å²) in [6.45, 7) is 0. The summed E-state index contributed by atoms with van der Waals surface area (Å²) in [5.74, 6) is -1.14. The van der Waals surface area contributed by atoms with E-state index in [0.29, 0.717) is 0 Å². The molecule has 0 bridgehead atoms.